The van der Waals surface area contributed by atoms with Gasteiger partial charge in [-0.25, -0.2) is 9.59 Å². The molecule has 35 heavy (non-hydrogen) atoms. The maximum atomic E-state index is 12.7. The largest absolute Gasteiger partial charge is 0.478 e. The van der Waals surface area contributed by atoms with E-state index in [1.54, 1.807) is 18.3 Å². The molecule has 1 aromatic heterocycles. The monoisotopic (exact) mass is 495 g/mol. The number of nitrogens with zero attached hydrogens (tertiary/aromatic N) is 3. The molecule has 0 radical (unpaired) electrons. The maximum absolute atomic E-state index is 12.7. The van der Waals surface area contributed by atoms with Gasteiger partial charge in [0.15, 0.2) is 11.7 Å². The first-order valence-electron chi connectivity index (χ1n) is 11.1. The molecule has 2 aromatic rings. The molecule has 2 heterocycles. The number of alkyl halides is 3. The molecule has 1 aromatic carbocycles. The number of halogens is 3. The summed E-state index contributed by atoms with van der Waals surface area (Å²) in [6.45, 7) is 5.31. The Balaban J connectivity index is 1.71. The predicted molar refractivity (Wildman–Crippen MR) is 121 cm³/mol. The van der Waals surface area contributed by atoms with Crippen molar-refractivity contribution in [2.45, 2.75) is 45.2 Å². The van der Waals surface area contributed by atoms with Gasteiger partial charge in [-0.1, -0.05) is 18.2 Å². The summed E-state index contributed by atoms with van der Waals surface area (Å²) in [5.74, 6) is -0.728. The van der Waals surface area contributed by atoms with Crippen LogP contribution < -0.4 is 4.74 Å². The van der Waals surface area contributed by atoms with Crippen LogP contribution in [0.5, 0.6) is 5.75 Å². The average molecular weight is 495 g/mol. The van der Waals surface area contributed by atoms with Crippen LogP contribution in [0.15, 0.2) is 42.6 Å². The fourth-order valence-corrected chi connectivity index (χ4v) is 3.41. The van der Waals surface area contributed by atoms with Gasteiger partial charge in [-0.15, -0.1) is 0 Å². The van der Waals surface area contributed by atoms with Gasteiger partial charge in [0, 0.05) is 50.0 Å². The summed E-state index contributed by atoms with van der Waals surface area (Å²) in [6.07, 6.45) is -6.13. The van der Waals surface area contributed by atoms with Crippen molar-refractivity contribution in [3.63, 3.8) is 0 Å². The minimum absolute atomic E-state index is 0.201. The van der Waals surface area contributed by atoms with E-state index in [4.69, 9.17) is 4.74 Å². The minimum Gasteiger partial charge on any atom is -0.478 e. The number of carboxylic acids is 1. The second-order valence-electron chi connectivity index (χ2n) is 8.79. The number of pyridine rings is 1. The number of carbonyl (C=O) groups is 2. The lowest BCUT2D eigenvalue weighted by Crippen LogP contribution is -2.49. The zero-order valence-electron chi connectivity index (χ0n) is 19.7. The Kier molecular flexibility index (Phi) is 7.89. The molecule has 1 saturated heterocycles. The molecule has 1 unspecified atom stereocenters. The number of ether oxygens (including phenoxy) is 2. The molecule has 3 rings (SSSR count). The van der Waals surface area contributed by atoms with Gasteiger partial charge in [0.2, 0.25) is 0 Å². The molecular formula is C24H28F3N3O5. The summed E-state index contributed by atoms with van der Waals surface area (Å²) >= 11 is 0. The van der Waals surface area contributed by atoms with Crippen molar-refractivity contribution >= 4 is 12.1 Å². The molecule has 190 valence electrons. The number of benzene rings is 1. The number of aliphatic carboxylic acids is 1. The summed E-state index contributed by atoms with van der Waals surface area (Å²) in [6, 6.07) is 10.9. The molecule has 1 aliphatic rings. The highest BCUT2D eigenvalue weighted by Gasteiger charge is 2.40. The molecule has 1 atom stereocenters. The van der Waals surface area contributed by atoms with Gasteiger partial charge in [0.1, 0.15) is 5.75 Å². The highest BCUT2D eigenvalue weighted by atomic mass is 19.4. The number of carbonyl (C=O) groups excluding carboxylic acids is 1. The zero-order chi connectivity index (χ0) is 25.8. The van der Waals surface area contributed by atoms with Crippen molar-refractivity contribution in [1.82, 2.24) is 14.8 Å². The van der Waals surface area contributed by atoms with Gasteiger partial charge in [0.05, 0.1) is 5.69 Å². The zero-order valence-corrected chi connectivity index (χ0v) is 19.7. The van der Waals surface area contributed by atoms with Gasteiger partial charge in [-0.05, 0) is 39.0 Å². The lowest BCUT2D eigenvalue weighted by Gasteiger charge is -2.35. The lowest BCUT2D eigenvalue weighted by atomic mass is 10.0. The fraction of sp³-hybridized carbons (Fsp3) is 0.458. The first kappa shape index (κ1) is 26.3. The van der Waals surface area contributed by atoms with E-state index in [2.05, 4.69) is 9.72 Å². The van der Waals surface area contributed by atoms with Crippen LogP contribution >= 0.6 is 0 Å². The Labute approximate surface area is 201 Å². The molecule has 0 bridgehead atoms. The van der Waals surface area contributed by atoms with Crippen LogP contribution in [-0.2, 0) is 16.1 Å². The average Bonchev–Trinajstić information content (AvgIpc) is 2.80. The molecular weight excluding hydrogens is 467 g/mol. The third-order valence-corrected chi connectivity index (χ3v) is 5.67. The van der Waals surface area contributed by atoms with Crippen molar-refractivity contribution in [2.75, 3.05) is 26.2 Å². The summed E-state index contributed by atoms with van der Waals surface area (Å²) in [7, 11) is 0. The number of piperazine rings is 1. The van der Waals surface area contributed by atoms with Crippen molar-refractivity contribution in [3.05, 3.63) is 48.2 Å². The molecule has 8 nitrogen and oxygen atoms in total. The Bertz CT molecular complexity index is 1040. The second-order valence-corrected chi connectivity index (χ2v) is 8.79. The SMILES string of the molecule is CC(OC(=O)N1CCN(Cc2ccc(-c3ccccn3)cc2OC(C)(C)C(=O)O)CC1)C(F)(F)F. The molecule has 1 amide bonds. The highest BCUT2D eigenvalue weighted by molar-refractivity contribution is 5.77. The number of hydrogen-bond donors (Lipinski definition) is 1. The maximum Gasteiger partial charge on any atom is 0.425 e. The van der Waals surface area contributed by atoms with E-state index in [-0.39, 0.29) is 13.1 Å². The number of hydrogen-bond acceptors (Lipinski definition) is 6. The summed E-state index contributed by atoms with van der Waals surface area (Å²) in [5, 5.41) is 9.53. The minimum atomic E-state index is -4.61. The van der Waals surface area contributed by atoms with Crippen LogP contribution in [-0.4, -0.2) is 76.0 Å². The normalized spacial score (nSPS) is 16.0. The van der Waals surface area contributed by atoms with Crippen LogP contribution in [0.3, 0.4) is 0 Å². The van der Waals surface area contributed by atoms with Gasteiger partial charge < -0.3 is 19.5 Å². The first-order valence-corrected chi connectivity index (χ1v) is 11.1. The van der Waals surface area contributed by atoms with E-state index >= 15 is 0 Å². The first-order chi connectivity index (χ1) is 16.4. The number of aromatic nitrogens is 1. The Morgan fingerprint density at radius 2 is 1.80 bits per heavy atom. The van der Waals surface area contributed by atoms with E-state index in [0.29, 0.717) is 31.1 Å². The lowest BCUT2D eigenvalue weighted by molar-refractivity contribution is -0.200. The van der Waals surface area contributed by atoms with Crippen LogP contribution in [0.1, 0.15) is 26.3 Å². The van der Waals surface area contributed by atoms with Crippen molar-refractivity contribution in [3.8, 4) is 17.0 Å². The third-order valence-electron chi connectivity index (χ3n) is 5.67. The summed E-state index contributed by atoms with van der Waals surface area (Å²) in [4.78, 5) is 31.3. The number of carboxylic acid groups (broad SMARTS) is 1. The van der Waals surface area contributed by atoms with Crippen molar-refractivity contribution < 1.29 is 37.3 Å². The number of rotatable bonds is 7. The summed E-state index contributed by atoms with van der Waals surface area (Å²) in [5.41, 5.74) is 0.727. The number of amides is 1. The van der Waals surface area contributed by atoms with Gasteiger partial charge in [-0.3, -0.25) is 9.88 Å². The molecule has 1 fully saturated rings. The van der Waals surface area contributed by atoms with Crippen LogP contribution in [0.25, 0.3) is 11.3 Å². The van der Waals surface area contributed by atoms with Gasteiger partial charge >= 0.3 is 18.2 Å². The van der Waals surface area contributed by atoms with Gasteiger partial charge in [0.25, 0.3) is 0 Å². The Morgan fingerprint density at radius 1 is 1.11 bits per heavy atom. The fourth-order valence-electron chi connectivity index (χ4n) is 3.41. The van der Waals surface area contributed by atoms with E-state index in [1.165, 1.54) is 18.7 Å². The quantitative estimate of drug-likeness (QED) is 0.616. The van der Waals surface area contributed by atoms with E-state index in [9.17, 15) is 27.9 Å². The molecule has 1 aliphatic heterocycles. The third kappa shape index (κ3) is 6.84. The second kappa shape index (κ2) is 10.5. The summed E-state index contributed by atoms with van der Waals surface area (Å²) < 4.78 is 48.4. The van der Waals surface area contributed by atoms with E-state index in [0.717, 1.165) is 18.1 Å². The topological polar surface area (TPSA) is 92.2 Å². The molecule has 0 saturated carbocycles. The molecule has 11 heteroatoms. The van der Waals surface area contributed by atoms with Crippen molar-refractivity contribution in [2.24, 2.45) is 0 Å². The van der Waals surface area contributed by atoms with Crippen LogP contribution in [0.2, 0.25) is 0 Å². The predicted octanol–water partition coefficient (Wildman–Crippen LogP) is 4.20. The van der Waals surface area contributed by atoms with E-state index < -0.39 is 29.9 Å². The smallest absolute Gasteiger partial charge is 0.425 e. The van der Waals surface area contributed by atoms with Gasteiger partial charge in [-0.2, -0.15) is 13.2 Å². The molecule has 0 aliphatic carbocycles. The van der Waals surface area contributed by atoms with Crippen LogP contribution in [0, 0.1) is 0 Å². The Morgan fingerprint density at radius 3 is 2.37 bits per heavy atom. The highest BCUT2D eigenvalue weighted by Crippen LogP contribution is 2.31. The van der Waals surface area contributed by atoms with E-state index in [1.807, 2.05) is 29.2 Å². The Hall–Kier alpha value is -3.34. The van der Waals surface area contributed by atoms with Crippen LogP contribution in [0.4, 0.5) is 18.0 Å². The molecule has 0 spiro atoms. The standard InChI is InChI=1S/C24H28F3N3O5/c1-16(24(25,26)27)34-22(33)30-12-10-29(11-13-30)15-18-8-7-17(19-6-4-5-9-28-19)14-20(18)35-23(2,3)21(31)32/h4-9,14,16H,10-13,15H2,1-3H3,(H,31,32). The van der Waals surface area contributed by atoms with Crippen molar-refractivity contribution in [1.29, 1.82) is 0 Å². The molecule has 1 N–H and O–H groups in total.